The average molecular weight is 232 g/mol. The van der Waals surface area contributed by atoms with Gasteiger partial charge in [-0.2, -0.15) is 0 Å². The SMILES string of the molecule is CCOC(CNCC(C)(C)C(N)=O)OCC. The standard InChI is InChI=1S/C11H24N2O3/c1-5-15-9(16-6-2)7-13-8-11(3,4)10(12)14/h9,13H,5-8H2,1-4H3,(H2,12,14). The Morgan fingerprint density at radius 2 is 1.81 bits per heavy atom. The number of ether oxygens (including phenoxy) is 2. The molecule has 0 fully saturated rings. The van der Waals surface area contributed by atoms with E-state index in [4.69, 9.17) is 15.2 Å². The lowest BCUT2D eigenvalue weighted by atomic mass is 9.93. The maximum Gasteiger partial charge on any atom is 0.224 e. The second-order valence-corrected chi connectivity index (χ2v) is 4.22. The molecular weight excluding hydrogens is 208 g/mol. The fraction of sp³-hybridized carbons (Fsp3) is 0.909. The van der Waals surface area contributed by atoms with Crippen molar-refractivity contribution >= 4 is 5.91 Å². The molecule has 3 N–H and O–H groups in total. The van der Waals surface area contributed by atoms with E-state index >= 15 is 0 Å². The highest BCUT2D eigenvalue weighted by Gasteiger charge is 2.24. The van der Waals surface area contributed by atoms with Gasteiger partial charge < -0.3 is 20.5 Å². The van der Waals surface area contributed by atoms with Crippen LogP contribution in [0.4, 0.5) is 0 Å². The van der Waals surface area contributed by atoms with Crippen LogP contribution in [0.25, 0.3) is 0 Å². The van der Waals surface area contributed by atoms with E-state index in [1.54, 1.807) is 13.8 Å². The maximum absolute atomic E-state index is 11.1. The van der Waals surface area contributed by atoms with Crippen LogP contribution in [0.15, 0.2) is 0 Å². The molecule has 0 aliphatic rings. The molecule has 1 amide bonds. The van der Waals surface area contributed by atoms with Crippen molar-refractivity contribution in [3.63, 3.8) is 0 Å². The van der Waals surface area contributed by atoms with Crippen molar-refractivity contribution in [3.05, 3.63) is 0 Å². The lowest BCUT2D eigenvalue weighted by Gasteiger charge is -2.23. The Labute approximate surface area is 97.7 Å². The Balaban J connectivity index is 3.88. The molecule has 0 spiro atoms. The number of hydrogen-bond donors (Lipinski definition) is 2. The topological polar surface area (TPSA) is 73.6 Å². The van der Waals surface area contributed by atoms with E-state index in [0.717, 1.165) is 0 Å². The minimum Gasteiger partial charge on any atom is -0.369 e. The monoisotopic (exact) mass is 232 g/mol. The second-order valence-electron chi connectivity index (χ2n) is 4.22. The lowest BCUT2D eigenvalue weighted by Crippen LogP contribution is -2.43. The molecule has 0 radical (unpaired) electrons. The fourth-order valence-electron chi connectivity index (χ4n) is 1.13. The van der Waals surface area contributed by atoms with Gasteiger partial charge in [-0.3, -0.25) is 4.79 Å². The predicted molar refractivity (Wildman–Crippen MR) is 62.9 cm³/mol. The molecule has 0 heterocycles. The molecule has 0 saturated heterocycles. The third-order valence-corrected chi connectivity index (χ3v) is 2.25. The first-order valence-electron chi connectivity index (χ1n) is 5.67. The quantitative estimate of drug-likeness (QED) is 0.567. The summed E-state index contributed by atoms with van der Waals surface area (Å²) in [6.45, 7) is 9.71. The molecule has 0 aromatic rings. The highest BCUT2D eigenvalue weighted by atomic mass is 16.7. The van der Waals surface area contributed by atoms with Crippen LogP contribution >= 0.6 is 0 Å². The minimum atomic E-state index is -0.553. The molecule has 0 aliphatic heterocycles. The summed E-state index contributed by atoms with van der Waals surface area (Å²) >= 11 is 0. The third-order valence-electron chi connectivity index (χ3n) is 2.25. The summed E-state index contributed by atoms with van der Waals surface area (Å²) < 4.78 is 10.7. The first-order chi connectivity index (χ1) is 7.44. The molecule has 0 atom stereocenters. The number of nitrogens with two attached hydrogens (primary N) is 1. The van der Waals surface area contributed by atoms with Crippen LogP contribution < -0.4 is 11.1 Å². The van der Waals surface area contributed by atoms with Crippen LogP contribution in [-0.2, 0) is 14.3 Å². The van der Waals surface area contributed by atoms with E-state index in [2.05, 4.69) is 5.32 Å². The third kappa shape index (κ3) is 6.05. The van der Waals surface area contributed by atoms with Gasteiger partial charge in [-0.1, -0.05) is 0 Å². The Hall–Kier alpha value is -0.650. The van der Waals surface area contributed by atoms with Gasteiger partial charge in [0.2, 0.25) is 5.91 Å². The van der Waals surface area contributed by atoms with E-state index in [-0.39, 0.29) is 12.2 Å². The number of rotatable bonds is 9. The van der Waals surface area contributed by atoms with Crippen molar-refractivity contribution in [2.75, 3.05) is 26.3 Å². The second kappa shape index (κ2) is 7.60. The van der Waals surface area contributed by atoms with Gasteiger partial charge in [0.05, 0.1) is 5.41 Å². The van der Waals surface area contributed by atoms with E-state index in [1.165, 1.54) is 0 Å². The molecule has 0 aromatic heterocycles. The number of carbonyl (C=O) groups excluding carboxylic acids is 1. The number of amides is 1. The number of carbonyl (C=O) groups is 1. The van der Waals surface area contributed by atoms with Gasteiger partial charge in [-0.05, 0) is 27.7 Å². The van der Waals surface area contributed by atoms with Gasteiger partial charge in [-0.15, -0.1) is 0 Å². The summed E-state index contributed by atoms with van der Waals surface area (Å²) in [5, 5.41) is 3.13. The summed E-state index contributed by atoms with van der Waals surface area (Å²) in [6, 6.07) is 0. The largest absolute Gasteiger partial charge is 0.369 e. The van der Waals surface area contributed by atoms with Crippen molar-refractivity contribution in [1.82, 2.24) is 5.32 Å². The summed E-state index contributed by atoms with van der Waals surface area (Å²) in [4.78, 5) is 11.1. The molecule has 0 unspecified atom stereocenters. The predicted octanol–water partition coefficient (Wildman–Crippen LogP) is 0.487. The Bertz CT molecular complexity index is 201. The van der Waals surface area contributed by atoms with E-state index < -0.39 is 5.41 Å². The zero-order valence-electron chi connectivity index (χ0n) is 10.7. The van der Waals surface area contributed by atoms with Gasteiger partial charge in [0.15, 0.2) is 6.29 Å². The minimum absolute atomic E-state index is 0.265. The van der Waals surface area contributed by atoms with Gasteiger partial charge >= 0.3 is 0 Å². The summed E-state index contributed by atoms with van der Waals surface area (Å²) in [5.74, 6) is -0.315. The summed E-state index contributed by atoms with van der Waals surface area (Å²) in [5.41, 5.74) is 4.71. The molecule has 5 heteroatoms. The van der Waals surface area contributed by atoms with Crippen molar-refractivity contribution in [3.8, 4) is 0 Å². The maximum atomic E-state index is 11.1. The fourth-order valence-corrected chi connectivity index (χ4v) is 1.13. The number of hydrogen-bond acceptors (Lipinski definition) is 4. The molecular formula is C11H24N2O3. The van der Waals surface area contributed by atoms with Crippen molar-refractivity contribution in [1.29, 1.82) is 0 Å². The van der Waals surface area contributed by atoms with Crippen LogP contribution in [0.3, 0.4) is 0 Å². The average Bonchev–Trinajstić information content (AvgIpc) is 2.17. The Morgan fingerprint density at radius 1 is 1.31 bits per heavy atom. The Kier molecular flexibility index (Phi) is 7.29. The van der Waals surface area contributed by atoms with E-state index in [0.29, 0.717) is 26.3 Å². The molecule has 16 heavy (non-hydrogen) atoms. The number of nitrogens with one attached hydrogen (secondary N) is 1. The molecule has 0 bridgehead atoms. The summed E-state index contributed by atoms with van der Waals surface area (Å²) in [7, 11) is 0. The highest BCUT2D eigenvalue weighted by Crippen LogP contribution is 2.11. The molecule has 5 nitrogen and oxygen atoms in total. The first kappa shape index (κ1) is 15.3. The summed E-state index contributed by atoms with van der Waals surface area (Å²) in [6.07, 6.45) is -0.265. The van der Waals surface area contributed by atoms with Gasteiger partial charge in [-0.25, -0.2) is 0 Å². The normalized spacial score (nSPS) is 12.1. The van der Waals surface area contributed by atoms with Gasteiger partial charge in [0.25, 0.3) is 0 Å². The van der Waals surface area contributed by atoms with Gasteiger partial charge in [0.1, 0.15) is 0 Å². The smallest absolute Gasteiger partial charge is 0.224 e. The Morgan fingerprint density at radius 3 is 2.19 bits per heavy atom. The molecule has 0 saturated carbocycles. The van der Waals surface area contributed by atoms with Crippen LogP contribution in [0, 0.1) is 5.41 Å². The zero-order chi connectivity index (χ0) is 12.6. The van der Waals surface area contributed by atoms with Crippen molar-refractivity contribution < 1.29 is 14.3 Å². The van der Waals surface area contributed by atoms with Crippen LogP contribution in [-0.4, -0.2) is 38.5 Å². The van der Waals surface area contributed by atoms with Crippen LogP contribution in [0.5, 0.6) is 0 Å². The van der Waals surface area contributed by atoms with Gasteiger partial charge in [0, 0.05) is 26.3 Å². The zero-order valence-corrected chi connectivity index (χ0v) is 10.7. The van der Waals surface area contributed by atoms with E-state index in [1.807, 2.05) is 13.8 Å². The van der Waals surface area contributed by atoms with Crippen LogP contribution in [0.1, 0.15) is 27.7 Å². The van der Waals surface area contributed by atoms with Crippen molar-refractivity contribution in [2.45, 2.75) is 34.0 Å². The number of primary amides is 1. The molecule has 0 rings (SSSR count). The van der Waals surface area contributed by atoms with Crippen molar-refractivity contribution in [2.24, 2.45) is 11.1 Å². The molecule has 0 aliphatic carbocycles. The molecule has 0 aromatic carbocycles. The molecule has 96 valence electrons. The lowest BCUT2D eigenvalue weighted by molar-refractivity contribution is -0.135. The highest BCUT2D eigenvalue weighted by molar-refractivity contribution is 5.80. The first-order valence-corrected chi connectivity index (χ1v) is 5.67. The van der Waals surface area contributed by atoms with E-state index in [9.17, 15) is 4.79 Å². The van der Waals surface area contributed by atoms with Crippen LogP contribution in [0.2, 0.25) is 0 Å².